The zero-order valence-electron chi connectivity index (χ0n) is 16.6. The normalized spacial score (nSPS) is 16.5. The Kier molecular flexibility index (Phi) is 5.79. The number of thiocarbonyl (C=S) groups is 1. The Bertz CT molecular complexity index is 1050. The van der Waals surface area contributed by atoms with Crippen LogP contribution < -0.4 is 10.2 Å². The van der Waals surface area contributed by atoms with E-state index in [0.29, 0.717) is 16.4 Å². The van der Waals surface area contributed by atoms with Crippen molar-refractivity contribution in [3.05, 3.63) is 76.2 Å². The van der Waals surface area contributed by atoms with E-state index in [2.05, 4.69) is 10.1 Å². The standard InChI is InChI=1S/C22H21FN2O3S/c1-12-8-9-17(10-13(12)2)25-14(3)18(20(26)21(27)28-4)19(24-22(25)29)15-6-5-7-16(23)11-15/h5-11,19H,1-4H3,(H,24,29)/t19-/m0/s1. The van der Waals surface area contributed by atoms with Crippen LogP contribution in [0.1, 0.15) is 29.7 Å². The molecule has 1 N–H and O–H groups in total. The van der Waals surface area contributed by atoms with Crippen LogP contribution in [0.2, 0.25) is 0 Å². The van der Waals surface area contributed by atoms with E-state index in [1.807, 2.05) is 32.0 Å². The van der Waals surface area contributed by atoms with Crippen LogP contribution in [0.15, 0.2) is 53.7 Å². The van der Waals surface area contributed by atoms with Crippen molar-refractivity contribution >= 4 is 34.8 Å². The predicted octanol–water partition coefficient (Wildman–Crippen LogP) is 3.89. The Morgan fingerprint density at radius 2 is 1.83 bits per heavy atom. The summed E-state index contributed by atoms with van der Waals surface area (Å²) in [5.74, 6) is -2.24. The lowest BCUT2D eigenvalue weighted by Gasteiger charge is -2.37. The first-order valence-corrected chi connectivity index (χ1v) is 9.42. The highest BCUT2D eigenvalue weighted by atomic mass is 32.1. The molecule has 0 saturated carbocycles. The number of methoxy groups -OCH3 is 1. The van der Waals surface area contributed by atoms with Gasteiger partial charge in [-0.1, -0.05) is 18.2 Å². The highest BCUT2D eigenvalue weighted by molar-refractivity contribution is 7.80. The Hall–Kier alpha value is -3.06. The van der Waals surface area contributed by atoms with Crippen molar-refractivity contribution in [2.45, 2.75) is 26.8 Å². The molecule has 0 spiro atoms. The summed E-state index contributed by atoms with van der Waals surface area (Å²) in [5, 5.41) is 3.44. The number of carbonyl (C=O) groups excluding carboxylic acids is 2. The van der Waals surface area contributed by atoms with E-state index < -0.39 is 23.6 Å². The first-order valence-electron chi connectivity index (χ1n) is 9.01. The summed E-state index contributed by atoms with van der Waals surface area (Å²) in [6, 6.07) is 10.9. The quantitative estimate of drug-likeness (QED) is 0.467. The van der Waals surface area contributed by atoms with Gasteiger partial charge in [-0.15, -0.1) is 0 Å². The Morgan fingerprint density at radius 3 is 2.45 bits per heavy atom. The highest BCUT2D eigenvalue weighted by Gasteiger charge is 2.37. The number of allylic oxidation sites excluding steroid dienone is 1. The molecule has 3 rings (SSSR count). The average Bonchev–Trinajstić information content (AvgIpc) is 2.69. The fourth-order valence-electron chi connectivity index (χ4n) is 3.35. The number of Topliss-reactive ketones (excluding diaryl/α,β-unsaturated/α-hetero) is 1. The third-order valence-corrected chi connectivity index (χ3v) is 5.33. The van der Waals surface area contributed by atoms with Crippen molar-refractivity contribution in [3.8, 4) is 0 Å². The number of rotatable bonds is 4. The maximum atomic E-state index is 13.8. The molecule has 2 aromatic rings. The molecule has 29 heavy (non-hydrogen) atoms. The van der Waals surface area contributed by atoms with Gasteiger partial charge in [-0.2, -0.15) is 0 Å². The van der Waals surface area contributed by atoms with Gasteiger partial charge in [-0.05, 0) is 73.9 Å². The lowest BCUT2D eigenvalue weighted by molar-refractivity contribution is -0.150. The number of nitrogens with zero attached hydrogens (tertiary/aromatic N) is 1. The Balaban J connectivity index is 2.19. The molecule has 150 valence electrons. The minimum atomic E-state index is -0.990. The van der Waals surface area contributed by atoms with Gasteiger partial charge in [0.2, 0.25) is 0 Å². The van der Waals surface area contributed by atoms with Crippen LogP contribution in [-0.2, 0) is 14.3 Å². The van der Waals surface area contributed by atoms with E-state index in [1.165, 1.54) is 12.1 Å². The molecule has 0 unspecified atom stereocenters. The van der Waals surface area contributed by atoms with Crippen LogP contribution >= 0.6 is 12.2 Å². The van der Waals surface area contributed by atoms with Gasteiger partial charge in [0.15, 0.2) is 5.11 Å². The molecule has 5 nitrogen and oxygen atoms in total. The number of esters is 1. The minimum absolute atomic E-state index is 0.161. The predicted molar refractivity (Wildman–Crippen MR) is 113 cm³/mol. The lowest BCUT2D eigenvalue weighted by Crippen LogP contribution is -2.48. The monoisotopic (exact) mass is 412 g/mol. The zero-order chi connectivity index (χ0) is 21.3. The second-order valence-electron chi connectivity index (χ2n) is 6.86. The fourth-order valence-corrected chi connectivity index (χ4v) is 3.71. The van der Waals surface area contributed by atoms with Gasteiger partial charge in [-0.3, -0.25) is 9.69 Å². The first kappa shape index (κ1) is 20.7. The number of halogens is 1. The van der Waals surface area contributed by atoms with E-state index in [-0.39, 0.29) is 5.57 Å². The van der Waals surface area contributed by atoms with E-state index >= 15 is 0 Å². The number of ketones is 1. The van der Waals surface area contributed by atoms with Gasteiger partial charge >= 0.3 is 5.97 Å². The first-order chi connectivity index (χ1) is 13.7. The number of hydrogen-bond donors (Lipinski definition) is 1. The summed E-state index contributed by atoms with van der Waals surface area (Å²) in [4.78, 5) is 26.6. The third-order valence-electron chi connectivity index (χ3n) is 5.03. The number of ether oxygens (including phenoxy) is 1. The maximum absolute atomic E-state index is 13.8. The van der Waals surface area contributed by atoms with Gasteiger partial charge in [-0.25, -0.2) is 9.18 Å². The molecule has 0 amide bonds. The molecule has 0 aliphatic carbocycles. The van der Waals surface area contributed by atoms with Gasteiger partial charge in [0, 0.05) is 11.4 Å². The van der Waals surface area contributed by atoms with Crippen molar-refractivity contribution in [3.63, 3.8) is 0 Å². The molecule has 0 aromatic heterocycles. The van der Waals surface area contributed by atoms with Crippen LogP contribution in [0, 0.1) is 19.7 Å². The van der Waals surface area contributed by atoms with Gasteiger partial charge in [0.1, 0.15) is 5.82 Å². The van der Waals surface area contributed by atoms with Gasteiger partial charge in [0.25, 0.3) is 5.78 Å². The summed E-state index contributed by atoms with van der Waals surface area (Å²) in [6.07, 6.45) is 0. The summed E-state index contributed by atoms with van der Waals surface area (Å²) < 4.78 is 18.5. The van der Waals surface area contributed by atoms with Crippen molar-refractivity contribution in [2.24, 2.45) is 0 Å². The van der Waals surface area contributed by atoms with Crippen LogP contribution in [0.4, 0.5) is 10.1 Å². The number of benzene rings is 2. The van der Waals surface area contributed by atoms with Crippen LogP contribution in [0.5, 0.6) is 0 Å². The topological polar surface area (TPSA) is 58.6 Å². The van der Waals surface area contributed by atoms with Gasteiger partial charge < -0.3 is 10.1 Å². The third kappa shape index (κ3) is 3.91. The molecule has 1 aliphatic heterocycles. The number of aryl methyl sites for hydroxylation is 2. The molecular formula is C22H21FN2O3S. The van der Waals surface area contributed by atoms with Crippen LogP contribution in [-0.4, -0.2) is 24.0 Å². The summed E-state index contributed by atoms with van der Waals surface area (Å²) >= 11 is 5.57. The Morgan fingerprint density at radius 1 is 1.10 bits per heavy atom. The molecule has 1 aliphatic rings. The molecular weight excluding hydrogens is 391 g/mol. The van der Waals surface area contributed by atoms with E-state index in [4.69, 9.17) is 12.2 Å². The van der Waals surface area contributed by atoms with Crippen molar-refractivity contribution in [1.29, 1.82) is 0 Å². The fraction of sp³-hybridized carbons (Fsp3) is 0.227. The molecule has 0 fully saturated rings. The summed E-state index contributed by atoms with van der Waals surface area (Å²) in [6.45, 7) is 5.69. The van der Waals surface area contributed by atoms with Crippen molar-refractivity contribution in [2.75, 3.05) is 12.0 Å². The number of hydrogen-bond acceptors (Lipinski definition) is 4. The zero-order valence-corrected chi connectivity index (χ0v) is 17.4. The van der Waals surface area contributed by atoms with Crippen LogP contribution in [0.25, 0.3) is 0 Å². The van der Waals surface area contributed by atoms with Crippen LogP contribution in [0.3, 0.4) is 0 Å². The molecule has 1 atom stereocenters. The number of anilines is 1. The Labute approximate surface area is 174 Å². The molecule has 2 aromatic carbocycles. The van der Waals surface area contributed by atoms with Crippen molar-refractivity contribution in [1.82, 2.24) is 5.32 Å². The summed E-state index contributed by atoms with van der Waals surface area (Å²) in [5.41, 5.74) is 4.08. The number of nitrogens with one attached hydrogen (secondary N) is 1. The average molecular weight is 412 g/mol. The van der Waals surface area contributed by atoms with Gasteiger partial charge in [0.05, 0.1) is 18.7 Å². The molecule has 0 bridgehead atoms. The maximum Gasteiger partial charge on any atom is 0.379 e. The van der Waals surface area contributed by atoms with Crippen molar-refractivity contribution < 1.29 is 18.7 Å². The second kappa shape index (κ2) is 8.13. The molecule has 1 heterocycles. The lowest BCUT2D eigenvalue weighted by atomic mass is 9.91. The molecule has 7 heteroatoms. The summed E-state index contributed by atoms with van der Waals surface area (Å²) in [7, 11) is 1.15. The molecule has 0 radical (unpaired) electrons. The van der Waals surface area contributed by atoms with E-state index in [0.717, 1.165) is 23.9 Å². The largest absolute Gasteiger partial charge is 0.463 e. The smallest absolute Gasteiger partial charge is 0.379 e. The van der Waals surface area contributed by atoms with E-state index in [1.54, 1.807) is 24.0 Å². The number of carbonyl (C=O) groups is 2. The minimum Gasteiger partial charge on any atom is -0.463 e. The molecule has 0 saturated heterocycles. The SMILES string of the molecule is COC(=O)C(=O)C1=C(C)N(c2ccc(C)c(C)c2)C(=S)N[C@H]1c1cccc(F)c1. The van der Waals surface area contributed by atoms with E-state index in [9.17, 15) is 14.0 Å². The highest BCUT2D eigenvalue weighted by Crippen LogP contribution is 2.35. The second-order valence-corrected chi connectivity index (χ2v) is 7.25.